The van der Waals surface area contributed by atoms with Crippen LogP contribution in [0.4, 0.5) is 11.6 Å². The van der Waals surface area contributed by atoms with Gasteiger partial charge in [0.15, 0.2) is 0 Å². The molecule has 3 rings (SSSR count). The lowest BCUT2D eigenvalue weighted by Crippen LogP contribution is -2.25. The second-order valence-corrected chi connectivity index (χ2v) is 4.61. The Hall–Kier alpha value is -2.44. The molecule has 0 amide bonds. The average Bonchev–Trinajstić information content (AvgIpc) is 2.80. The molecule has 0 aliphatic carbocycles. The normalized spacial score (nSPS) is 13.7. The van der Waals surface area contributed by atoms with Crippen molar-refractivity contribution in [1.82, 2.24) is 19.5 Å². The number of fused-ring (bicyclic) bond motifs is 1. The molecule has 0 radical (unpaired) electrons. The minimum Gasteiger partial charge on any atom is -0.382 e. The molecule has 1 aliphatic rings. The van der Waals surface area contributed by atoms with Gasteiger partial charge in [-0.05, 0) is 6.92 Å². The van der Waals surface area contributed by atoms with Crippen molar-refractivity contribution in [2.75, 3.05) is 10.6 Å². The SMILES string of the molecule is Cc1nc2c(c(=O)n1C)CN(c1cncc(N)n1)C2. The minimum absolute atomic E-state index is 0.00172. The largest absolute Gasteiger partial charge is 0.382 e. The molecule has 1 aliphatic heterocycles. The zero-order valence-electron chi connectivity index (χ0n) is 10.8. The second kappa shape index (κ2) is 4.04. The van der Waals surface area contributed by atoms with Crippen molar-refractivity contribution in [2.24, 2.45) is 7.05 Å². The average molecular weight is 258 g/mol. The van der Waals surface area contributed by atoms with Gasteiger partial charge in [-0.25, -0.2) is 9.97 Å². The van der Waals surface area contributed by atoms with E-state index in [-0.39, 0.29) is 5.56 Å². The second-order valence-electron chi connectivity index (χ2n) is 4.61. The fraction of sp³-hybridized carbons (Fsp3) is 0.333. The van der Waals surface area contributed by atoms with Crippen molar-refractivity contribution in [1.29, 1.82) is 0 Å². The Morgan fingerprint density at radius 1 is 1.26 bits per heavy atom. The number of anilines is 2. The van der Waals surface area contributed by atoms with Gasteiger partial charge in [-0.2, -0.15) is 0 Å². The van der Waals surface area contributed by atoms with E-state index in [9.17, 15) is 4.79 Å². The summed E-state index contributed by atoms with van der Waals surface area (Å²) in [6.07, 6.45) is 3.13. The summed E-state index contributed by atoms with van der Waals surface area (Å²) in [4.78, 5) is 26.8. The molecule has 19 heavy (non-hydrogen) atoms. The topological polar surface area (TPSA) is 89.9 Å². The van der Waals surface area contributed by atoms with Crippen molar-refractivity contribution in [2.45, 2.75) is 20.0 Å². The highest BCUT2D eigenvalue weighted by molar-refractivity contribution is 5.46. The molecule has 0 aromatic carbocycles. The van der Waals surface area contributed by atoms with Crippen LogP contribution in [0.1, 0.15) is 17.1 Å². The highest BCUT2D eigenvalue weighted by atomic mass is 16.1. The standard InChI is InChI=1S/C12H14N6O/c1-7-15-9-6-18(5-8(9)12(19)17(7)2)11-4-14-3-10(13)16-11/h3-4H,5-6H2,1-2H3,(H2,13,16). The molecule has 2 aromatic rings. The number of hydrogen-bond donors (Lipinski definition) is 1. The summed E-state index contributed by atoms with van der Waals surface area (Å²) in [7, 11) is 1.73. The summed E-state index contributed by atoms with van der Waals surface area (Å²) >= 11 is 0. The van der Waals surface area contributed by atoms with E-state index in [0.717, 1.165) is 11.3 Å². The first-order valence-corrected chi connectivity index (χ1v) is 5.94. The number of nitrogens with two attached hydrogens (primary N) is 1. The predicted octanol–water partition coefficient (Wildman–Crippen LogP) is -0.0189. The Labute approximate surface area is 109 Å². The number of hydrogen-bond acceptors (Lipinski definition) is 6. The lowest BCUT2D eigenvalue weighted by atomic mass is 10.2. The van der Waals surface area contributed by atoms with Gasteiger partial charge < -0.3 is 10.6 Å². The molecule has 98 valence electrons. The van der Waals surface area contributed by atoms with Crippen LogP contribution in [0.5, 0.6) is 0 Å². The molecule has 7 nitrogen and oxygen atoms in total. The highest BCUT2D eigenvalue weighted by Crippen LogP contribution is 2.23. The minimum atomic E-state index is 0.00172. The van der Waals surface area contributed by atoms with Crippen LogP contribution in [-0.4, -0.2) is 19.5 Å². The zero-order valence-corrected chi connectivity index (χ0v) is 10.8. The van der Waals surface area contributed by atoms with E-state index in [0.29, 0.717) is 30.5 Å². The smallest absolute Gasteiger partial charge is 0.258 e. The van der Waals surface area contributed by atoms with Crippen LogP contribution in [0.25, 0.3) is 0 Å². The lowest BCUT2D eigenvalue weighted by Gasteiger charge is -2.15. The van der Waals surface area contributed by atoms with E-state index in [4.69, 9.17) is 5.73 Å². The van der Waals surface area contributed by atoms with E-state index < -0.39 is 0 Å². The summed E-state index contributed by atoms with van der Waals surface area (Å²) in [6, 6.07) is 0. The third-order valence-corrected chi connectivity index (χ3v) is 3.35. The van der Waals surface area contributed by atoms with Crippen LogP contribution in [0, 0.1) is 6.92 Å². The molecule has 0 unspecified atom stereocenters. The fourth-order valence-electron chi connectivity index (χ4n) is 2.21. The molecule has 0 saturated heterocycles. The molecule has 2 aromatic heterocycles. The first-order valence-electron chi connectivity index (χ1n) is 5.94. The van der Waals surface area contributed by atoms with E-state index in [2.05, 4.69) is 15.0 Å². The van der Waals surface area contributed by atoms with Gasteiger partial charge in [-0.1, -0.05) is 0 Å². The molecular formula is C12H14N6O. The van der Waals surface area contributed by atoms with E-state index in [1.54, 1.807) is 17.8 Å². The van der Waals surface area contributed by atoms with Crippen LogP contribution in [0.15, 0.2) is 17.2 Å². The molecule has 3 heterocycles. The quantitative estimate of drug-likeness (QED) is 0.773. The van der Waals surface area contributed by atoms with Gasteiger partial charge in [0, 0.05) is 7.05 Å². The van der Waals surface area contributed by atoms with Crippen molar-refractivity contribution in [3.8, 4) is 0 Å². The van der Waals surface area contributed by atoms with Crippen molar-refractivity contribution >= 4 is 11.6 Å². The van der Waals surface area contributed by atoms with Crippen LogP contribution < -0.4 is 16.2 Å². The number of nitrogen functional groups attached to an aromatic ring is 1. The van der Waals surface area contributed by atoms with Crippen molar-refractivity contribution < 1.29 is 0 Å². The number of aromatic nitrogens is 4. The molecule has 0 atom stereocenters. The van der Waals surface area contributed by atoms with Gasteiger partial charge >= 0.3 is 0 Å². The van der Waals surface area contributed by atoms with Gasteiger partial charge in [-0.15, -0.1) is 0 Å². The molecular weight excluding hydrogens is 244 g/mol. The Kier molecular flexibility index (Phi) is 2.48. The molecule has 2 N–H and O–H groups in total. The molecule has 7 heteroatoms. The van der Waals surface area contributed by atoms with E-state index in [1.165, 1.54) is 6.20 Å². The van der Waals surface area contributed by atoms with Gasteiger partial charge in [-0.3, -0.25) is 14.3 Å². The number of nitrogens with zero attached hydrogens (tertiary/aromatic N) is 5. The Morgan fingerprint density at radius 3 is 2.79 bits per heavy atom. The first kappa shape index (κ1) is 11.6. The predicted molar refractivity (Wildman–Crippen MR) is 70.5 cm³/mol. The highest BCUT2D eigenvalue weighted by Gasteiger charge is 2.25. The van der Waals surface area contributed by atoms with E-state index in [1.807, 2.05) is 11.8 Å². The van der Waals surface area contributed by atoms with Crippen LogP contribution >= 0.6 is 0 Å². The molecule has 0 bridgehead atoms. The number of aryl methyl sites for hydroxylation is 1. The molecule has 0 fully saturated rings. The third kappa shape index (κ3) is 1.83. The Bertz CT molecular complexity index is 708. The van der Waals surface area contributed by atoms with Gasteiger partial charge in [0.2, 0.25) is 0 Å². The molecule has 0 spiro atoms. The summed E-state index contributed by atoms with van der Waals surface area (Å²) < 4.78 is 1.56. The third-order valence-electron chi connectivity index (χ3n) is 3.35. The fourth-order valence-corrected chi connectivity index (χ4v) is 2.21. The summed E-state index contributed by atoms with van der Waals surface area (Å²) in [5.41, 5.74) is 7.16. The molecule has 0 saturated carbocycles. The van der Waals surface area contributed by atoms with Crippen molar-refractivity contribution in [3.63, 3.8) is 0 Å². The zero-order chi connectivity index (χ0) is 13.6. The maximum Gasteiger partial charge on any atom is 0.258 e. The summed E-state index contributed by atoms with van der Waals surface area (Å²) in [6.45, 7) is 2.88. The van der Waals surface area contributed by atoms with Crippen LogP contribution in [0.2, 0.25) is 0 Å². The summed E-state index contributed by atoms with van der Waals surface area (Å²) in [5.74, 6) is 1.74. The number of rotatable bonds is 1. The Balaban J connectivity index is 2.01. The Morgan fingerprint density at radius 2 is 2.05 bits per heavy atom. The van der Waals surface area contributed by atoms with Crippen molar-refractivity contribution in [3.05, 3.63) is 39.8 Å². The summed E-state index contributed by atoms with van der Waals surface area (Å²) in [5, 5.41) is 0. The van der Waals surface area contributed by atoms with Gasteiger partial charge in [0.25, 0.3) is 5.56 Å². The van der Waals surface area contributed by atoms with Crippen LogP contribution in [-0.2, 0) is 20.1 Å². The van der Waals surface area contributed by atoms with E-state index >= 15 is 0 Å². The first-order chi connectivity index (χ1) is 9.06. The maximum atomic E-state index is 12.2. The monoisotopic (exact) mass is 258 g/mol. The van der Waals surface area contributed by atoms with Crippen LogP contribution in [0.3, 0.4) is 0 Å². The maximum absolute atomic E-state index is 12.2. The van der Waals surface area contributed by atoms with Gasteiger partial charge in [0.05, 0.1) is 36.7 Å². The lowest BCUT2D eigenvalue weighted by molar-refractivity contribution is 0.754. The van der Waals surface area contributed by atoms with Gasteiger partial charge in [0.1, 0.15) is 17.5 Å².